The largest absolute Gasteiger partial charge is 0.320 e. The van der Waals surface area contributed by atoms with Gasteiger partial charge in [-0.1, -0.05) is 29.5 Å². The van der Waals surface area contributed by atoms with Gasteiger partial charge in [0.2, 0.25) is 5.91 Å². The van der Waals surface area contributed by atoms with Crippen molar-refractivity contribution in [2.75, 3.05) is 5.32 Å². The minimum Gasteiger partial charge on any atom is -0.320 e. The van der Waals surface area contributed by atoms with E-state index in [-0.39, 0.29) is 5.91 Å². The van der Waals surface area contributed by atoms with E-state index in [1.165, 1.54) is 11.3 Å². The zero-order chi connectivity index (χ0) is 12.3. The summed E-state index contributed by atoms with van der Waals surface area (Å²) >= 11 is 1.44. The van der Waals surface area contributed by atoms with Crippen LogP contribution in [0.4, 0.5) is 5.13 Å². The molecule has 4 nitrogen and oxygen atoms in total. The van der Waals surface area contributed by atoms with Crippen molar-refractivity contribution in [1.29, 1.82) is 0 Å². The molecule has 0 saturated carbocycles. The lowest BCUT2D eigenvalue weighted by atomic mass is 10.2. The highest BCUT2D eigenvalue weighted by Gasteiger charge is 2.13. The van der Waals surface area contributed by atoms with Crippen molar-refractivity contribution in [1.82, 2.24) is 4.98 Å². The van der Waals surface area contributed by atoms with Gasteiger partial charge in [0.05, 0.1) is 16.3 Å². The van der Waals surface area contributed by atoms with E-state index in [0.29, 0.717) is 11.6 Å². The van der Waals surface area contributed by atoms with Crippen LogP contribution in [0.5, 0.6) is 0 Å². The number of nitrogens with zero attached hydrogens (tertiary/aromatic N) is 1. The lowest BCUT2D eigenvalue weighted by Crippen LogP contribution is -2.34. The number of carbonyl (C=O) groups is 1. The van der Waals surface area contributed by atoms with Gasteiger partial charge in [-0.3, -0.25) is 4.79 Å². The van der Waals surface area contributed by atoms with E-state index in [1.807, 2.05) is 24.3 Å². The van der Waals surface area contributed by atoms with E-state index in [1.54, 1.807) is 6.08 Å². The van der Waals surface area contributed by atoms with E-state index in [4.69, 9.17) is 5.73 Å². The van der Waals surface area contributed by atoms with Crippen LogP contribution in [0.25, 0.3) is 10.2 Å². The van der Waals surface area contributed by atoms with E-state index in [9.17, 15) is 4.79 Å². The summed E-state index contributed by atoms with van der Waals surface area (Å²) in [5.74, 6) is -0.232. The van der Waals surface area contributed by atoms with E-state index < -0.39 is 6.04 Å². The number of rotatable bonds is 4. The van der Waals surface area contributed by atoms with Crippen molar-refractivity contribution in [3.05, 3.63) is 36.9 Å². The number of benzene rings is 1. The summed E-state index contributed by atoms with van der Waals surface area (Å²) in [6, 6.07) is 7.16. The van der Waals surface area contributed by atoms with E-state index >= 15 is 0 Å². The lowest BCUT2D eigenvalue weighted by molar-refractivity contribution is -0.117. The van der Waals surface area contributed by atoms with Crippen LogP contribution in [0.15, 0.2) is 36.9 Å². The molecule has 3 N–H and O–H groups in total. The Morgan fingerprint density at radius 1 is 1.59 bits per heavy atom. The number of fused-ring (bicyclic) bond motifs is 1. The predicted octanol–water partition coefficient (Wildman–Crippen LogP) is 2.14. The zero-order valence-electron chi connectivity index (χ0n) is 9.22. The SMILES string of the molecule is C=CCC(N)C(=O)Nc1nc2ccccc2s1. The number of nitrogens with one attached hydrogen (secondary N) is 1. The maximum atomic E-state index is 11.7. The van der Waals surface area contributed by atoms with Crippen LogP contribution >= 0.6 is 11.3 Å². The number of aromatic nitrogens is 1. The second-order valence-electron chi connectivity index (χ2n) is 3.61. The van der Waals surface area contributed by atoms with Crippen LogP contribution in [0.1, 0.15) is 6.42 Å². The van der Waals surface area contributed by atoms with Crippen LogP contribution in [0, 0.1) is 0 Å². The number of nitrogens with two attached hydrogens (primary N) is 1. The Hall–Kier alpha value is -1.72. The minimum absolute atomic E-state index is 0.232. The number of anilines is 1. The Kier molecular flexibility index (Phi) is 3.51. The Morgan fingerprint density at radius 3 is 3.06 bits per heavy atom. The highest BCUT2D eigenvalue weighted by atomic mass is 32.1. The Bertz CT molecular complexity index is 516. The zero-order valence-corrected chi connectivity index (χ0v) is 10.0. The first kappa shape index (κ1) is 11.8. The topological polar surface area (TPSA) is 68.0 Å². The Balaban J connectivity index is 2.13. The molecule has 2 rings (SSSR count). The van der Waals surface area contributed by atoms with Gasteiger partial charge < -0.3 is 11.1 Å². The normalized spacial score (nSPS) is 12.3. The van der Waals surface area contributed by atoms with Crippen LogP contribution in [0.2, 0.25) is 0 Å². The van der Waals surface area contributed by atoms with Crippen molar-refractivity contribution in [2.24, 2.45) is 5.73 Å². The van der Waals surface area contributed by atoms with Gasteiger partial charge in [0.1, 0.15) is 0 Å². The van der Waals surface area contributed by atoms with Crippen LogP contribution < -0.4 is 11.1 Å². The summed E-state index contributed by atoms with van der Waals surface area (Å²) in [6.07, 6.45) is 2.08. The number of carbonyl (C=O) groups excluding carboxylic acids is 1. The van der Waals surface area contributed by atoms with Gasteiger partial charge in [-0.05, 0) is 18.6 Å². The molecule has 0 spiro atoms. The number of hydrogen-bond acceptors (Lipinski definition) is 4. The highest BCUT2D eigenvalue weighted by Crippen LogP contribution is 2.25. The third-order valence-electron chi connectivity index (χ3n) is 2.28. The third kappa shape index (κ3) is 2.69. The highest BCUT2D eigenvalue weighted by molar-refractivity contribution is 7.22. The van der Waals surface area contributed by atoms with Crippen molar-refractivity contribution < 1.29 is 4.79 Å². The Morgan fingerprint density at radius 2 is 2.35 bits per heavy atom. The summed E-state index contributed by atoms with van der Waals surface area (Å²) < 4.78 is 1.04. The number of hydrogen-bond donors (Lipinski definition) is 2. The molecule has 1 aromatic carbocycles. The first-order valence-corrected chi connectivity index (χ1v) is 6.05. The standard InChI is InChI=1S/C12H13N3OS/c1-2-5-8(13)11(16)15-12-14-9-6-3-4-7-10(9)17-12/h2-4,6-8H,1,5,13H2,(H,14,15,16). The molecule has 5 heteroatoms. The molecule has 1 amide bonds. The van der Waals surface area contributed by atoms with Gasteiger partial charge in [-0.25, -0.2) is 4.98 Å². The van der Waals surface area contributed by atoms with E-state index in [0.717, 1.165) is 10.2 Å². The summed E-state index contributed by atoms with van der Waals surface area (Å²) in [5.41, 5.74) is 6.54. The van der Waals surface area contributed by atoms with Gasteiger partial charge in [-0.2, -0.15) is 0 Å². The molecule has 1 aromatic heterocycles. The average Bonchev–Trinajstić information content (AvgIpc) is 2.71. The number of thiazole rings is 1. The van der Waals surface area contributed by atoms with Crippen LogP contribution in [-0.4, -0.2) is 16.9 Å². The first-order chi connectivity index (χ1) is 8.20. The smallest absolute Gasteiger partial charge is 0.243 e. The summed E-state index contributed by atoms with van der Waals surface area (Å²) in [7, 11) is 0. The molecule has 0 bridgehead atoms. The molecular formula is C12H13N3OS. The van der Waals surface area contributed by atoms with Crippen molar-refractivity contribution in [2.45, 2.75) is 12.5 Å². The van der Waals surface area contributed by atoms with Crippen molar-refractivity contribution >= 4 is 32.6 Å². The molecule has 0 fully saturated rings. The third-order valence-corrected chi connectivity index (χ3v) is 3.23. The molecule has 2 aromatic rings. The molecule has 1 heterocycles. The fraction of sp³-hybridized carbons (Fsp3) is 0.167. The summed E-state index contributed by atoms with van der Waals surface area (Å²) in [4.78, 5) is 16.0. The molecular weight excluding hydrogens is 234 g/mol. The molecule has 0 saturated heterocycles. The maximum Gasteiger partial charge on any atom is 0.243 e. The molecule has 1 unspecified atom stereocenters. The Labute approximate surface area is 103 Å². The molecule has 1 atom stereocenters. The second-order valence-corrected chi connectivity index (χ2v) is 4.64. The second kappa shape index (κ2) is 5.07. The average molecular weight is 247 g/mol. The fourth-order valence-electron chi connectivity index (χ4n) is 1.41. The predicted molar refractivity (Wildman–Crippen MR) is 71.0 cm³/mol. The van der Waals surface area contributed by atoms with Crippen molar-refractivity contribution in [3.63, 3.8) is 0 Å². The summed E-state index contributed by atoms with van der Waals surface area (Å²) in [5, 5.41) is 3.29. The summed E-state index contributed by atoms with van der Waals surface area (Å²) in [6.45, 7) is 3.55. The minimum atomic E-state index is -0.570. The van der Waals surface area contributed by atoms with Crippen LogP contribution in [0.3, 0.4) is 0 Å². The van der Waals surface area contributed by atoms with Crippen molar-refractivity contribution in [3.8, 4) is 0 Å². The monoisotopic (exact) mass is 247 g/mol. The molecule has 0 aliphatic rings. The lowest BCUT2D eigenvalue weighted by Gasteiger charge is -2.07. The molecule has 17 heavy (non-hydrogen) atoms. The van der Waals surface area contributed by atoms with Gasteiger partial charge in [0, 0.05) is 0 Å². The van der Waals surface area contributed by atoms with Gasteiger partial charge in [0.25, 0.3) is 0 Å². The quantitative estimate of drug-likeness (QED) is 0.813. The first-order valence-electron chi connectivity index (χ1n) is 5.23. The van der Waals surface area contributed by atoms with Gasteiger partial charge in [-0.15, -0.1) is 6.58 Å². The molecule has 0 aliphatic carbocycles. The fourth-order valence-corrected chi connectivity index (χ4v) is 2.28. The number of para-hydroxylation sites is 1. The van der Waals surface area contributed by atoms with Gasteiger partial charge in [0.15, 0.2) is 5.13 Å². The molecule has 88 valence electrons. The molecule has 0 aliphatic heterocycles. The maximum absolute atomic E-state index is 11.7. The number of amides is 1. The van der Waals surface area contributed by atoms with Gasteiger partial charge >= 0.3 is 0 Å². The van der Waals surface area contributed by atoms with E-state index in [2.05, 4.69) is 16.9 Å². The van der Waals surface area contributed by atoms with Crippen LogP contribution in [-0.2, 0) is 4.79 Å². The molecule has 0 radical (unpaired) electrons.